The van der Waals surface area contributed by atoms with Crippen molar-refractivity contribution in [3.63, 3.8) is 0 Å². The van der Waals surface area contributed by atoms with Gasteiger partial charge in [0.2, 0.25) is 0 Å². The molecule has 1 heterocycles. The van der Waals surface area contributed by atoms with Gasteiger partial charge in [0, 0.05) is 9.92 Å². The molecule has 5 nitrogen and oxygen atoms in total. The van der Waals surface area contributed by atoms with Gasteiger partial charge in [0.05, 0.1) is 12.8 Å². The van der Waals surface area contributed by atoms with E-state index in [1.165, 1.54) is 5.56 Å². The number of halogens is 1. The lowest BCUT2D eigenvalue weighted by Gasteiger charge is -2.10. The smallest absolute Gasteiger partial charge is 0.177 e. The molecular weight excluding hydrogens is 370 g/mol. The van der Waals surface area contributed by atoms with Crippen LogP contribution in [0.3, 0.4) is 0 Å². The molecule has 1 unspecified atom stereocenters. The van der Waals surface area contributed by atoms with Crippen molar-refractivity contribution in [2.45, 2.75) is 36.6 Å². The first-order valence-electron chi connectivity index (χ1n) is 8.20. The molecule has 1 aromatic heterocycles. The molecule has 3 aromatic rings. The van der Waals surface area contributed by atoms with Gasteiger partial charge in [-0.25, -0.2) is 8.89 Å². The zero-order valence-corrected chi connectivity index (χ0v) is 16.6. The number of nitrogens with zero attached hydrogens (tertiary/aromatic N) is 3. The SMILES string of the molecule is COc1ccc(Cl)cc1-n1nnc(S(=O)c2ccc(C(C)C)cc2)c1C. The molecule has 0 amide bonds. The number of aromatic nitrogens is 3. The van der Waals surface area contributed by atoms with Crippen molar-refractivity contribution in [1.29, 1.82) is 0 Å². The maximum absolute atomic E-state index is 13.0. The Morgan fingerprint density at radius 1 is 1.15 bits per heavy atom. The maximum Gasteiger partial charge on any atom is 0.177 e. The molecule has 1 atom stereocenters. The molecule has 2 aromatic carbocycles. The molecule has 26 heavy (non-hydrogen) atoms. The van der Waals surface area contributed by atoms with Gasteiger partial charge in [-0.3, -0.25) is 0 Å². The normalized spacial score (nSPS) is 12.4. The van der Waals surface area contributed by atoms with E-state index in [-0.39, 0.29) is 0 Å². The Bertz CT molecular complexity index is 952. The first-order chi connectivity index (χ1) is 12.4. The van der Waals surface area contributed by atoms with Crippen LogP contribution in [0.4, 0.5) is 0 Å². The highest BCUT2D eigenvalue weighted by molar-refractivity contribution is 7.85. The number of methoxy groups -OCH3 is 1. The Morgan fingerprint density at radius 2 is 1.85 bits per heavy atom. The van der Waals surface area contributed by atoms with E-state index >= 15 is 0 Å². The Balaban J connectivity index is 1.99. The number of hydrogen-bond acceptors (Lipinski definition) is 4. The van der Waals surface area contributed by atoms with Crippen LogP contribution in [0.15, 0.2) is 52.4 Å². The molecule has 0 spiro atoms. The van der Waals surface area contributed by atoms with Crippen molar-refractivity contribution in [3.05, 3.63) is 58.7 Å². The van der Waals surface area contributed by atoms with Crippen LogP contribution >= 0.6 is 11.6 Å². The van der Waals surface area contributed by atoms with Gasteiger partial charge in [-0.05, 0) is 48.7 Å². The lowest BCUT2D eigenvalue weighted by Crippen LogP contribution is -2.03. The van der Waals surface area contributed by atoms with Crippen molar-refractivity contribution in [1.82, 2.24) is 15.0 Å². The van der Waals surface area contributed by atoms with Crippen LogP contribution in [0.2, 0.25) is 5.02 Å². The van der Waals surface area contributed by atoms with E-state index in [2.05, 4.69) is 24.2 Å². The van der Waals surface area contributed by atoms with E-state index in [1.807, 2.05) is 31.2 Å². The van der Waals surface area contributed by atoms with Gasteiger partial charge >= 0.3 is 0 Å². The third-order valence-corrected chi connectivity index (χ3v) is 5.82. The monoisotopic (exact) mass is 389 g/mol. The standard InChI is InChI=1S/C19H20ClN3O2S/c1-12(2)14-5-8-16(9-6-14)26(24)19-13(3)23(22-21-19)17-11-15(20)7-10-18(17)25-4/h5-12H,1-4H3. The Hall–Kier alpha value is -2.18. The summed E-state index contributed by atoms with van der Waals surface area (Å²) in [7, 11) is 0.163. The van der Waals surface area contributed by atoms with Crippen LogP contribution in [0.1, 0.15) is 31.0 Å². The Morgan fingerprint density at radius 3 is 2.46 bits per heavy atom. The highest BCUT2D eigenvalue weighted by Crippen LogP contribution is 2.28. The van der Waals surface area contributed by atoms with Crippen molar-refractivity contribution >= 4 is 22.4 Å². The molecule has 0 aliphatic rings. The summed E-state index contributed by atoms with van der Waals surface area (Å²) in [5.41, 5.74) is 2.54. The summed E-state index contributed by atoms with van der Waals surface area (Å²) >= 11 is 6.10. The highest BCUT2D eigenvalue weighted by atomic mass is 35.5. The molecule has 0 radical (unpaired) electrons. The van der Waals surface area contributed by atoms with Crippen molar-refractivity contribution in [2.75, 3.05) is 7.11 Å². The van der Waals surface area contributed by atoms with Gasteiger partial charge < -0.3 is 4.74 Å². The predicted octanol–water partition coefficient (Wildman–Crippen LogP) is 4.53. The van der Waals surface area contributed by atoms with Gasteiger partial charge in [0.1, 0.15) is 22.2 Å². The molecule has 136 valence electrons. The highest BCUT2D eigenvalue weighted by Gasteiger charge is 2.20. The summed E-state index contributed by atoms with van der Waals surface area (Å²) in [6, 6.07) is 13.0. The van der Waals surface area contributed by atoms with Gasteiger partial charge in [-0.15, -0.1) is 5.10 Å². The first-order valence-corrected chi connectivity index (χ1v) is 9.73. The minimum atomic E-state index is -1.41. The van der Waals surface area contributed by atoms with E-state index in [0.717, 1.165) is 0 Å². The average molecular weight is 390 g/mol. The zero-order chi connectivity index (χ0) is 18.8. The minimum absolute atomic E-state index is 0.421. The molecule has 0 N–H and O–H groups in total. The maximum atomic E-state index is 13.0. The average Bonchev–Trinajstić information content (AvgIpc) is 3.02. The molecule has 0 aliphatic carbocycles. The van der Waals surface area contributed by atoms with E-state index < -0.39 is 10.8 Å². The Labute approximate surface area is 160 Å². The van der Waals surface area contributed by atoms with Crippen LogP contribution in [0, 0.1) is 6.92 Å². The number of benzene rings is 2. The summed E-state index contributed by atoms with van der Waals surface area (Å²) in [5.74, 6) is 1.04. The van der Waals surface area contributed by atoms with Gasteiger partial charge in [0.15, 0.2) is 5.03 Å². The number of ether oxygens (including phenoxy) is 1. The molecule has 0 fully saturated rings. The van der Waals surface area contributed by atoms with Crippen LogP contribution in [-0.2, 0) is 10.8 Å². The summed E-state index contributed by atoms with van der Waals surface area (Å²) in [5, 5.41) is 9.29. The quantitative estimate of drug-likeness (QED) is 0.643. The molecular formula is C19H20ClN3O2S. The fraction of sp³-hybridized carbons (Fsp3) is 0.263. The fourth-order valence-electron chi connectivity index (χ4n) is 2.63. The molecule has 0 aliphatic heterocycles. The summed E-state index contributed by atoms with van der Waals surface area (Å²) in [6.07, 6.45) is 0. The van der Waals surface area contributed by atoms with E-state index in [0.29, 0.717) is 38.0 Å². The van der Waals surface area contributed by atoms with Crippen LogP contribution in [0.5, 0.6) is 5.75 Å². The first kappa shape index (κ1) is 18.6. The van der Waals surface area contributed by atoms with Crippen molar-refractivity contribution in [3.8, 4) is 11.4 Å². The second-order valence-electron chi connectivity index (χ2n) is 6.20. The van der Waals surface area contributed by atoms with E-state index in [1.54, 1.807) is 30.0 Å². The minimum Gasteiger partial charge on any atom is -0.494 e. The van der Waals surface area contributed by atoms with Crippen molar-refractivity contribution in [2.24, 2.45) is 0 Å². The van der Waals surface area contributed by atoms with Crippen molar-refractivity contribution < 1.29 is 8.95 Å². The van der Waals surface area contributed by atoms with Crippen LogP contribution in [0.25, 0.3) is 5.69 Å². The van der Waals surface area contributed by atoms with Gasteiger partial charge in [0.25, 0.3) is 0 Å². The van der Waals surface area contributed by atoms with Crippen LogP contribution in [-0.4, -0.2) is 26.3 Å². The lowest BCUT2D eigenvalue weighted by atomic mass is 10.0. The summed E-state index contributed by atoms with van der Waals surface area (Å²) in [4.78, 5) is 0.697. The second-order valence-corrected chi connectivity index (χ2v) is 8.03. The molecule has 7 heteroatoms. The predicted molar refractivity (Wildman–Crippen MR) is 103 cm³/mol. The molecule has 0 bridgehead atoms. The third-order valence-electron chi connectivity index (χ3n) is 4.16. The van der Waals surface area contributed by atoms with Gasteiger partial charge in [-0.1, -0.05) is 42.8 Å². The number of hydrogen-bond donors (Lipinski definition) is 0. The third kappa shape index (κ3) is 3.52. The van der Waals surface area contributed by atoms with Crippen LogP contribution < -0.4 is 4.74 Å². The molecule has 0 saturated carbocycles. The lowest BCUT2D eigenvalue weighted by molar-refractivity contribution is 0.411. The number of rotatable bonds is 5. The summed E-state index contributed by atoms with van der Waals surface area (Å²) in [6.45, 7) is 6.08. The fourth-order valence-corrected chi connectivity index (χ4v) is 3.87. The van der Waals surface area contributed by atoms with E-state index in [4.69, 9.17) is 16.3 Å². The Kier molecular flexibility index (Phi) is 5.44. The van der Waals surface area contributed by atoms with E-state index in [9.17, 15) is 4.21 Å². The largest absolute Gasteiger partial charge is 0.494 e. The second kappa shape index (κ2) is 7.60. The topological polar surface area (TPSA) is 57.0 Å². The zero-order valence-electron chi connectivity index (χ0n) is 15.1. The summed E-state index contributed by atoms with van der Waals surface area (Å²) < 4.78 is 19.9. The molecule has 0 saturated heterocycles. The molecule has 3 rings (SSSR count). The van der Waals surface area contributed by atoms with Gasteiger partial charge in [-0.2, -0.15) is 0 Å².